The van der Waals surface area contributed by atoms with Crippen molar-refractivity contribution in [2.45, 2.75) is 26.0 Å². The van der Waals surface area contributed by atoms with E-state index in [4.69, 9.17) is 25.8 Å². The van der Waals surface area contributed by atoms with Gasteiger partial charge in [0.15, 0.2) is 0 Å². The van der Waals surface area contributed by atoms with Crippen LogP contribution in [-0.4, -0.2) is 37.7 Å². The zero-order chi connectivity index (χ0) is 25.1. The van der Waals surface area contributed by atoms with Gasteiger partial charge in [0.05, 0.1) is 24.8 Å². The van der Waals surface area contributed by atoms with Gasteiger partial charge in [-0.3, -0.25) is 9.69 Å². The average Bonchev–Trinajstić information content (AvgIpc) is 2.86. The van der Waals surface area contributed by atoms with E-state index in [0.29, 0.717) is 27.6 Å². The monoisotopic (exact) mass is 493 g/mol. The van der Waals surface area contributed by atoms with Crippen molar-refractivity contribution >= 4 is 35.1 Å². The topological polar surface area (TPSA) is 82.1 Å². The first-order valence-electron chi connectivity index (χ1n) is 11.1. The molecule has 0 N–H and O–H groups in total. The second-order valence-electron chi connectivity index (χ2n) is 7.98. The second-order valence-corrected chi connectivity index (χ2v) is 8.42. The highest BCUT2D eigenvalue weighted by Crippen LogP contribution is 2.42. The molecular formula is C27H24ClNO6. The van der Waals surface area contributed by atoms with E-state index in [2.05, 4.69) is 0 Å². The summed E-state index contributed by atoms with van der Waals surface area (Å²) in [7, 11) is 1.32. The van der Waals surface area contributed by atoms with Gasteiger partial charge in [0.1, 0.15) is 11.8 Å². The van der Waals surface area contributed by atoms with E-state index in [-0.39, 0.29) is 12.5 Å². The van der Waals surface area contributed by atoms with Crippen molar-refractivity contribution in [3.8, 4) is 5.75 Å². The number of methoxy groups -OCH3 is 1. The van der Waals surface area contributed by atoms with E-state index in [0.717, 1.165) is 11.1 Å². The van der Waals surface area contributed by atoms with Crippen LogP contribution in [0.4, 0.5) is 5.69 Å². The normalized spacial score (nSPS) is 16.9. The maximum Gasteiger partial charge on any atom is 0.338 e. The summed E-state index contributed by atoms with van der Waals surface area (Å²) < 4.78 is 16.0. The molecule has 4 rings (SSSR count). The highest BCUT2D eigenvalue weighted by Gasteiger charge is 2.51. The Hall–Kier alpha value is -3.84. The lowest BCUT2D eigenvalue weighted by atomic mass is 9.89. The largest absolute Gasteiger partial charge is 0.478 e. The van der Waals surface area contributed by atoms with Gasteiger partial charge < -0.3 is 14.2 Å². The summed E-state index contributed by atoms with van der Waals surface area (Å²) in [6.07, 6.45) is -0.788. The van der Waals surface area contributed by atoms with Crippen LogP contribution in [-0.2, 0) is 14.3 Å². The van der Waals surface area contributed by atoms with E-state index >= 15 is 0 Å². The third-order valence-corrected chi connectivity index (χ3v) is 6.00. The van der Waals surface area contributed by atoms with Gasteiger partial charge in [-0.2, -0.15) is 0 Å². The fraction of sp³-hybridized carbons (Fsp3) is 0.222. The molecule has 1 amide bonds. The van der Waals surface area contributed by atoms with Gasteiger partial charge in [-0.15, -0.1) is 0 Å². The number of hydrogen-bond donors (Lipinski definition) is 0. The first-order valence-corrected chi connectivity index (χ1v) is 11.4. The molecule has 2 atom stereocenters. The smallest absolute Gasteiger partial charge is 0.338 e. The Morgan fingerprint density at radius 1 is 0.943 bits per heavy atom. The molecule has 1 aliphatic rings. The Labute approximate surface area is 208 Å². The van der Waals surface area contributed by atoms with Gasteiger partial charge in [0, 0.05) is 10.7 Å². The Bertz CT molecular complexity index is 1260. The van der Waals surface area contributed by atoms with Crippen molar-refractivity contribution in [1.29, 1.82) is 0 Å². The van der Waals surface area contributed by atoms with Crippen LogP contribution in [0.2, 0.25) is 5.02 Å². The van der Waals surface area contributed by atoms with E-state index in [1.165, 1.54) is 7.11 Å². The summed E-state index contributed by atoms with van der Waals surface area (Å²) in [6.45, 7) is 3.87. The van der Waals surface area contributed by atoms with Gasteiger partial charge in [0.2, 0.25) is 6.10 Å². The maximum absolute atomic E-state index is 13.3. The molecule has 1 heterocycles. The molecule has 0 bridgehead atoms. The van der Waals surface area contributed by atoms with Crippen molar-refractivity contribution in [1.82, 2.24) is 0 Å². The van der Waals surface area contributed by atoms with E-state index in [1.807, 2.05) is 6.92 Å². The lowest BCUT2D eigenvalue weighted by molar-refractivity contribution is -0.135. The summed E-state index contributed by atoms with van der Waals surface area (Å²) in [5.74, 6) is -0.549. The molecule has 1 aliphatic heterocycles. The van der Waals surface area contributed by atoms with Crippen molar-refractivity contribution in [2.24, 2.45) is 0 Å². The van der Waals surface area contributed by atoms with Crippen LogP contribution in [0, 0.1) is 6.92 Å². The van der Waals surface area contributed by atoms with Gasteiger partial charge in [-0.1, -0.05) is 23.7 Å². The second kappa shape index (κ2) is 10.2. The quantitative estimate of drug-likeness (QED) is 0.334. The van der Waals surface area contributed by atoms with Gasteiger partial charge >= 0.3 is 11.9 Å². The van der Waals surface area contributed by atoms with Crippen LogP contribution < -0.4 is 9.64 Å². The first kappa shape index (κ1) is 24.3. The summed E-state index contributed by atoms with van der Waals surface area (Å²) in [6, 6.07) is 18.2. The lowest BCUT2D eigenvalue weighted by Crippen LogP contribution is -2.61. The molecule has 1 fully saturated rings. The Balaban J connectivity index is 1.67. The number of aryl methyl sites for hydroxylation is 1. The molecule has 3 aromatic rings. The minimum atomic E-state index is -0.788. The Morgan fingerprint density at radius 2 is 1.57 bits per heavy atom. The number of hydrogen-bond acceptors (Lipinski definition) is 6. The van der Waals surface area contributed by atoms with Crippen molar-refractivity contribution in [3.63, 3.8) is 0 Å². The predicted octanol–water partition coefficient (Wildman–Crippen LogP) is 5.15. The number of amides is 1. The summed E-state index contributed by atoms with van der Waals surface area (Å²) in [4.78, 5) is 38.8. The van der Waals surface area contributed by atoms with Gasteiger partial charge in [-0.25, -0.2) is 9.59 Å². The van der Waals surface area contributed by atoms with Crippen molar-refractivity contribution < 1.29 is 28.6 Å². The Morgan fingerprint density at radius 3 is 2.17 bits per heavy atom. The zero-order valence-electron chi connectivity index (χ0n) is 19.5. The maximum atomic E-state index is 13.3. The third-order valence-electron chi connectivity index (χ3n) is 5.77. The number of anilines is 1. The molecule has 0 unspecified atom stereocenters. The summed E-state index contributed by atoms with van der Waals surface area (Å²) in [5.41, 5.74) is 2.99. The minimum absolute atomic E-state index is 0.231. The van der Waals surface area contributed by atoms with Gasteiger partial charge in [-0.05, 0) is 79.6 Å². The van der Waals surface area contributed by atoms with E-state index in [1.54, 1.807) is 78.6 Å². The number of ether oxygens (including phenoxy) is 3. The summed E-state index contributed by atoms with van der Waals surface area (Å²) >= 11 is 6.06. The third kappa shape index (κ3) is 4.86. The van der Waals surface area contributed by atoms with Crippen molar-refractivity contribution in [3.05, 3.63) is 94.0 Å². The number of rotatable bonds is 7. The molecule has 0 spiro atoms. The number of esters is 2. The fourth-order valence-corrected chi connectivity index (χ4v) is 4.20. The fourth-order valence-electron chi connectivity index (χ4n) is 3.98. The molecular weight excluding hydrogens is 470 g/mol. The number of nitrogens with zero attached hydrogens (tertiary/aromatic N) is 1. The van der Waals surface area contributed by atoms with E-state index < -0.39 is 24.1 Å². The first-order chi connectivity index (χ1) is 16.8. The molecule has 0 aromatic heterocycles. The van der Waals surface area contributed by atoms with Crippen LogP contribution in [0.1, 0.15) is 44.8 Å². The van der Waals surface area contributed by atoms with Gasteiger partial charge in [0.25, 0.3) is 5.91 Å². The number of carbonyl (C=O) groups excluding carboxylic acids is 3. The molecule has 8 heteroatoms. The van der Waals surface area contributed by atoms with Crippen LogP contribution in [0.3, 0.4) is 0 Å². The summed E-state index contributed by atoms with van der Waals surface area (Å²) in [5, 5.41) is 0.577. The standard InChI is InChI=1S/C27H24ClNO6/c1-4-34-27(32)19-9-12-21(13-10-19)29-23(17-5-7-18(8-6-17)26(31)33-3)24(25(29)30)35-22-14-11-20(28)15-16(22)2/h5-15,23-24H,4H2,1-3H3/t23-,24-/m0/s1. The highest BCUT2D eigenvalue weighted by atomic mass is 35.5. The van der Waals surface area contributed by atoms with Crippen molar-refractivity contribution in [2.75, 3.05) is 18.6 Å². The number of halogens is 1. The average molecular weight is 494 g/mol. The zero-order valence-corrected chi connectivity index (χ0v) is 20.2. The molecule has 0 aliphatic carbocycles. The number of β-lactam (4-membered cyclic amide) rings is 1. The van der Waals surface area contributed by atoms with Crippen LogP contribution >= 0.6 is 11.6 Å². The SMILES string of the molecule is CCOC(=O)c1ccc(N2C(=O)[C@@H](Oc3ccc(Cl)cc3C)[C@@H]2c2ccc(C(=O)OC)cc2)cc1. The predicted molar refractivity (Wildman–Crippen MR) is 131 cm³/mol. The molecule has 0 saturated carbocycles. The molecule has 180 valence electrons. The highest BCUT2D eigenvalue weighted by molar-refractivity contribution is 6.30. The van der Waals surface area contributed by atoms with Crippen LogP contribution in [0.15, 0.2) is 66.7 Å². The molecule has 7 nitrogen and oxygen atoms in total. The molecule has 35 heavy (non-hydrogen) atoms. The number of benzene rings is 3. The number of carbonyl (C=O) groups is 3. The molecule has 1 saturated heterocycles. The minimum Gasteiger partial charge on any atom is -0.478 e. The van der Waals surface area contributed by atoms with Crippen LogP contribution in [0.25, 0.3) is 0 Å². The lowest BCUT2D eigenvalue weighted by Gasteiger charge is -2.46. The van der Waals surface area contributed by atoms with E-state index in [9.17, 15) is 14.4 Å². The molecule has 3 aromatic carbocycles. The molecule has 0 radical (unpaired) electrons. The Kier molecular flexibility index (Phi) is 7.07. The van der Waals surface area contributed by atoms with Crippen LogP contribution in [0.5, 0.6) is 5.75 Å².